The first kappa shape index (κ1) is 21.8. The summed E-state index contributed by atoms with van der Waals surface area (Å²) >= 11 is 0. The number of carbonyl (C=O) groups is 1. The molecular weight excluding hydrogens is 416 g/mol. The zero-order valence-electron chi connectivity index (χ0n) is 18.6. The van der Waals surface area contributed by atoms with Gasteiger partial charge in [-0.25, -0.2) is 9.97 Å². The van der Waals surface area contributed by atoms with E-state index >= 15 is 0 Å². The maximum atomic E-state index is 12.8. The molecule has 0 atom stereocenters. The Morgan fingerprint density at radius 3 is 2.24 bits per heavy atom. The minimum atomic E-state index is -0.253. The second kappa shape index (κ2) is 9.82. The lowest BCUT2D eigenvalue weighted by molar-refractivity contribution is 0.102. The molecule has 0 saturated carbocycles. The summed E-state index contributed by atoms with van der Waals surface area (Å²) in [7, 11) is 3.12. The van der Waals surface area contributed by atoms with Crippen LogP contribution in [0.4, 0.5) is 17.2 Å². The topological polar surface area (TPSA) is 85.4 Å². The Morgan fingerprint density at radius 2 is 1.55 bits per heavy atom. The van der Waals surface area contributed by atoms with Gasteiger partial charge in [-0.3, -0.25) is 4.79 Å². The van der Waals surface area contributed by atoms with E-state index in [1.54, 1.807) is 44.6 Å². The first-order valence-corrected chi connectivity index (χ1v) is 10.3. The van der Waals surface area contributed by atoms with Gasteiger partial charge in [-0.05, 0) is 25.1 Å². The van der Waals surface area contributed by atoms with Crippen LogP contribution in [0.5, 0.6) is 11.5 Å². The summed E-state index contributed by atoms with van der Waals surface area (Å²) < 4.78 is 10.5. The molecule has 1 heterocycles. The molecule has 166 valence electrons. The molecule has 2 N–H and O–H groups in total. The van der Waals surface area contributed by atoms with Gasteiger partial charge in [-0.15, -0.1) is 0 Å². The van der Waals surface area contributed by atoms with Crippen LogP contribution in [0, 0.1) is 6.92 Å². The molecule has 3 aromatic carbocycles. The molecule has 1 amide bonds. The highest BCUT2D eigenvalue weighted by Gasteiger charge is 2.10. The van der Waals surface area contributed by atoms with Crippen LogP contribution in [0.2, 0.25) is 0 Å². The molecule has 0 spiro atoms. The average molecular weight is 441 g/mol. The Bertz CT molecular complexity index is 1250. The third kappa shape index (κ3) is 5.46. The quantitative estimate of drug-likeness (QED) is 0.397. The maximum absolute atomic E-state index is 12.8. The van der Waals surface area contributed by atoms with Crippen LogP contribution in [-0.2, 0) is 0 Å². The summed E-state index contributed by atoms with van der Waals surface area (Å²) in [5, 5.41) is 6.13. The first-order chi connectivity index (χ1) is 16.0. The number of carbonyl (C=O) groups excluding carboxylic acids is 1. The normalized spacial score (nSPS) is 10.4. The SMILES string of the molecule is COc1cc(NC(=O)c2cccc(Nc3cc(-c4ccc(C)cc4)ncn3)c2)cc(OC)c1. The number of amides is 1. The van der Waals surface area contributed by atoms with Gasteiger partial charge >= 0.3 is 0 Å². The van der Waals surface area contributed by atoms with Crippen LogP contribution in [0.15, 0.2) is 79.1 Å². The first-order valence-electron chi connectivity index (χ1n) is 10.3. The van der Waals surface area contributed by atoms with Crippen molar-refractivity contribution in [1.82, 2.24) is 9.97 Å². The summed E-state index contributed by atoms with van der Waals surface area (Å²) in [4.78, 5) is 21.5. The lowest BCUT2D eigenvalue weighted by Crippen LogP contribution is -2.12. The number of hydrogen-bond acceptors (Lipinski definition) is 6. The van der Waals surface area contributed by atoms with E-state index in [1.807, 2.05) is 49.4 Å². The van der Waals surface area contributed by atoms with E-state index in [-0.39, 0.29) is 5.91 Å². The second-order valence-electron chi connectivity index (χ2n) is 7.42. The Morgan fingerprint density at radius 1 is 0.818 bits per heavy atom. The Hall–Kier alpha value is -4.39. The van der Waals surface area contributed by atoms with Gasteiger partial charge in [0.05, 0.1) is 19.9 Å². The van der Waals surface area contributed by atoms with Gasteiger partial charge in [-0.2, -0.15) is 0 Å². The fraction of sp³-hybridized carbons (Fsp3) is 0.115. The summed E-state index contributed by atoms with van der Waals surface area (Å²) in [5.41, 5.74) is 4.82. The van der Waals surface area contributed by atoms with E-state index in [9.17, 15) is 4.79 Å². The average Bonchev–Trinajstić information content (AvgIpc) is 2.84. The number of rotatable bonds is 7. The van der Waals surface area contributed by atoms with Crippen molar-refractivity contribution in [3.8, 4) is 22.8 Å². The number of aromatic nitrogens is 2. The minimum Gasteiger partial charge on any atom is -0.497 e. The van der Waals surface area contributed by atoms with Gasteiger partial charge in [0.1, 0.15) is 23.6 Å². The van der Waals surface area contributed by atoms with Crippen molar-refractivity contribution in [3.05, 3.63) is 90.3 Å². The zero-order chi connectivity index (χ0) is 23.2. The van der Waals surface area contributed by atoms with Crippen molar-refractivity contribution < 1.29 is 14.3 Å². The molecule has 33 heavy (non-hydrogen) atoms. The molecule has 1 aromatic heterocycles. The molecule has 0 fully saturated rings. The molecule has 4 aromatic rings. The zero-order valence-corrected chi connectivity index (χ0v) is 18.6. The number of methoxy groups -OCH3 is 2. The van der Waals surface area contributed by atoms with Crippen molar-refractivity contribution in [2.75, 3.05) is 24.9 Å². The Kier molecular flexibility index (Phi) is 6.50. The smallest absolute Gasteiger partial charge is 0.255 e. The van der Waals surface area contributed by atoms with Crippen LogP contribution in [-0.4, -0.2) is 30.1 Å². The van der Waals surface area contributed by atoms with Crippen molar-refractivity contribution in [1.29, 1.82) is 0 Å². The predicted octanol–water partition coefficient (Wildman–Crippen LogP) is 5.47. The number of benzene rings is 3. The molecule has 0 aliphatic carbocycles. The summed E-state index contributed by atoms with van der Waals surface area (Å²) in [6.45, 7) is 2.05. The van der Waals surface area contributed by atoms with Crippen molar-refractivity contribution in [2.45, 2.75) is 6.92 Å². The largest absolute Gasteiger partial charge is 0.497 e. The molecule has 7 nitrogen and oxygen atoms in total. The fourth-order valence-electron chi connectivity index (χ4n) is 3.28. The summed E-state index contributed by atoms with van der Waals surface area (Å²) in [6.07, 6.45) is 1.52. The van der Waals surface area contributed by atoms with Crippen LogP contribution in [0.1, 0.15) is 15.9 Å². The molecule has 0 radical (unpaired) electrons. The van der Waals surface area contributed by atoms with Crippen LogP contribution in [0.25, 0.3) is 11.3 Å². The number of aryl methyl sites for hydroxylation is 1. The van der Waals surface area contributed by atoms with Gasteiger partial charge in [0.15, 0.2) is 0 Å². The van der Waals surface area contributed by atoms with E-state index in [2.05, 4.69) is 20.6 Å². The number of nitrogens with one attached hydrogen (secondary N) is 2. The Labute approximate surface area is 192 Å². The summed E-state index contributed by atoms with van der Waals surface area (Å²) in [5.74, 6) is 1.56. The molecule has 0 saturated heterocycles. The van der Waals surface area contributed by atoms with Crippen LogP contribution < -0.4 is 20.1 Å². The van der Waals surface area contributed by atoms with E-state index < -0.39 is 0 Å². The number of hydrogen-bond donors (Lipinski definition) is 2. The number of anilines is 3. The fourth-order valence-corrected chi connectivity index (χ4v) is 3.28. The van der Waals surface area contributed by atoms with Gasteiger partial charge in [0.2, 0.25) is 0 Å². The predicted molar refractivity (Wildman–Crippen MR) is 129 cm³/mol. The van der Waals surface area contributed by atoms with E-state index in [1.165, 1.54) is 11.9 Å². The van der Waals surface area contributed by atoms with Crippen molar-refractivity contribution in [2.24, 2.45) is 0 Å². The van der Waals surface area contributed by atoms with Crippen LogP contribution >= 0.6 is 0 Å². The third-order valence-corrected chi connectivity index (χ3v) is 5.02. The highest BCUT2D eigenvalue weighted by Crippen LogP contribution is 2.27. The highest BCUT2D eigenvalue weighted by molar-refractivity contribution is 6.05. The lowest BCUT2D eigenvalue weighted by atomic mass is 10.1. The molecule has 0 aliphatic heterocycles. The standard InChI is InChI=1S/C26H24N4O3/c1-17-7-9-18(10-8-17)24-15-25(28-16-27-24)29-20-6-4-5-19(11-20)26(31)30-21-12-22(32-2)14-23(13-21)33-3/h4-16H,1-3H3,(H,30,31)(H,27,28,29). The van der Waals surface area contributed by atoms with Crippen molar-refractivity contribution >= 4 is 23.1 Å². The monoisotopic (exact) mass is 440 g/mol. The van der Waals surface area contributed by atoms with Gasteiger partial charge in [0, 0.05) is 46.8 Å². The minimum absolute atomic E-state index is 0.253. The van der Waals surface area contributed by atoms with Gasteiger partial charge in [0.25, 0.3) is 5.91 Å². The molecule has 0 bridgehead atoms. The third-order valence-electron chi connectivity index (χ3n) is 5.02. The van der Waals surface area contributed by atoms with E-state index in [0.29, 0.717) is 28.6 Å². The molecule has 0 unspecified atom stereocenters. The molecular formula is C26H24N4O3. The maximum Gasteiger partial charge on any atom is 0.255 e. The Balaban J connectivity index is 1.51. The molecule has 4 rings (SSSR count). The molecule has 7 heteroatoms. The van der Waals surface area contributed by atoms with Crippen molar-refractivity contribution in [3.63, 3.8) is 0 Å². The molecule has 0 aliphatic rings. The lowest BCUT2D eigenvalue weighted by Gasteiger charge is -2.11. The van der Waals surface area contributed by atoms with E-state index in [4.69, 9.17) is 9.47 Å². The number of nitrogens with zero attached hydrogens (tertiary/aromatic N) is 2. The van der Waals surface area contributed by atoms with Gasteiger partial charge in [-0.1, -0.05) is 35.9 Å². The summed E-state index contributed by atoms with van der Waals surface area (Å²) in [6, 6.07) is 22.4. The van der Waals surface area contributed by atoms with Gasteiger partial charge < -0.3 is 20.1 Å². The van der Waals surface area contributed by atoms with Crippen LogP contribution in [0.3, 0.4) is 0 Å². The van der Waals surface area contributed by atoms with E-state index in [0.717, 1.165) is 16.9 Å². The highest BCUT2D eigenvalue weighted by atomic mass is 16.5. The number of ether oxygens (including phenoxy) is 2. The second-order valence-corrected chi connectivity index (χ2v) is 7.42.